The molecule has 0 radical (unpaired) electrons. The van der Waals surface area contributed by atoms with Crippen LogP contribution in [0.25, 0.3) is 17.2 Å². The quantitative estimate of drug-likeness (QED) is 0.407. The van der Waals surface area contributed by atoms with Crippen molar-refractivity contribution in [3.8, 4) is 28.7 Å². The maximum absolute atomic E-state index is 12.5. The zero-order valence-corrected chi connectivity index (χ0v) is 12.4. The highest BCUT2D eigenvalue weighted by Gasteiger charge is 2.30. The first-order chi connectivity index (χ1) is 12.2. The maximum Gasteiger partial charge on any atom is 0.417 e. The van der Waals surface area contributed by atoms with Crippen LogP contribution in [-0.2, 0) is 6.18 Å². The third-order valence-electron chi connectivity index (χ3n) is 3.22. The molecular formula is C13H7F3N6O4. The molecule has 0 aliphatic heterocycles. The number of nitrogens with zero attached hydrogens (tertiary/aromatic N) is 6. The minimum absolute atomic E-state index is 0.0369. The standard InChI is InChI=1S/C13H7F3N6O4/c14-13(15,16)7-1-2-10(17-5-7)21-19-12(18-20-21)6-3-8(22(25)26)11(24)9(23)4-6/h1-5,23-24H. The van der Waals surface area contributed by atoms with Gasteiger partial charge in [-0.1, -0.05) is 0 Å². The largest absolute Gasteiger partial charge is 0.504 e. The molecular weight excluding hydrogens is 361 g/mol. The fourth-order valence-electron chi connectivity index (χ4n) is 1.97. The van der Waals surface area contributed by atoms with Gasteiger partial charge in [0.2, 0.25) is 11.6 Å². The third kappa shape index (κ3) is 3.09. The Hall–Kier alpha value is -3.77. The first-order valence-electron chi connectivity index (χ1n) is 6.71. The lowest BCUT2D eigenvalue weighted by Gasteiger charge is -2.05. The predicted molar refractivity (Wildman–Crippen MR) is 77.4 cm³/mol. The smallest absolute Gasteiger partial charge is 0.417 e. The summed E-state index contributed by atoms with van der Waals surface area (Å²) >= 11 is 0. The molecule has 0 spiro atoms. The van der Waals surface area contributed by atoms with Gasteiger partial charge >= 0.3 is 11.9 Å². The number of phenols is 2. The van der Waals surface area contributed by atoms with Gasteiger partial charge in [-0.25, -0.2) is 4.98 Å². The Bertz CT molecular complexity index is 987. The molecule has 0 saturated heterocycles. The number of pyridine rings is 1. The summed E-state index contributed by atoms with van der Waals surface area (Å²) in [4.78, 5) is 14.3. The van der Waals surface area contributed by atoms with Gasteiger partial charge in [-0.15, -0.1) is 15.0 Å². The fraction of sp³-hybridized carbons (Fsp3) is 0.0769. The van der Waals surface area contributed by atoms with Crippen molar-refractivity contribution in [2.75, 3.05) is 0 Å². The summed E-state index contributed by atoms with van der Waals surface area (Å²) in [6.45, 7) is 0. The van der Waals surface area contributed by atoms with E-state index in [1.807, 2.05) is 0 Å². The van der Waals surface area contributed by atoms with E-state index in [9.17, 15) is 33.5 Å². The van der Waals surface area contributed by atoms with Crippen LogP contribution < -0.4 is 0 Å². The van der Waals surface area contributed by atoms with E-state index in [2.05, 4.69) is 20.4 Å². The van der Waals surface area contributed by atoms with Gasteiger partial charge in [0.05, 0.1) is 10.5 Å². The lowest BCUT2D eigenvalue weighted by Crippen LogP contribution is -2.08. The molecule has 0 aliphatic rings. The van der Waals surface area contributed by atoms with E-state index in [1.54, 1.807) is 0 Å². The van der Waals surface area contributed by atoms with Crippen LogP contribution >= 0.6 is 0 Å². The Labute approximate surface area is 141 Å². The second kappa shape index (κ2) is 5.94. The molecule has 10 nitrogen and oxygen atoms in total. The van der Waals surface area contributed by atoms with Crippen LogP contribution in [0.1, 0.15) is 5.56 Å². The molecule has 0 aliphatic carbocycles. The summed E-state index contributed by atoms with van der Waals surface area (Å²) in [5.41, 5.74) is -1.77. The molecule has 26 heavy (non-hydrogen) atoms. The number of hydrogen-bond donors (Lipinski definition) is 2. The number of nitro benzene ring substituents is 1. The highest BCUT2D eigenvalue weighted by Crippen LogP contribution is 2.38. The Kier molecular flexibility index (Phi) is 3.90. The van der Waals surface area contributed by atoms with Gasteiger partial charge in [0.25, 0.3) is 0 Å². The summed E-state index contributed by atoms with van der Waals surface area (Å²) in [7, 11) is 0. The minimum atomic E-state index is -4.55. The van der Waals surface area contributed by atoms with Crippen LogP contribution in [-0.4, -0.2) is 40.3 Å². The van der Waals surface area contributed by atoms with Crippen LogP contribution in [0.3, 0.4) is 0 Å². The summed E-state index contributed by atoms with van der Waals surface area (Å²) in [5.74, 6) is -1.94. The number of halogens is 3. The van der Waals surface area contributed by atoms with Gasteiger partial charge in [0.15, 0.2) is 11.6 Å². The summed E-state index contributed by atoms with van der Waals surface area (Å²) in [6, 6.07) is 3.69. The van der Waals surface area contributed by atoms with Crippen molar-refractivity contribution in [3.63, 3.8) is 0 Å². The van der Waals surface area contributed by atoms with Crippen molar-refractivity contribution in [2.45, 2.75) is 6.18 Å². The Morgan fingerprint density at radius 1 is 1.19 bits per heavy atom. The topological polar surface area (TPSA) is 140 Å². The Balaban J connectivity index is 1.97. The second-order valence-electron chi connectivity index (χ2n) is 4.93. The van der Waals surface area contributed by atoms with Crippen molar-refractivity contribution in [1.29, 1.82) is 0 Å². The molecule has 0 unspecified atom stereocenters. The highest BCUT2D eigenvalue weighted by atomic mass is 19.4. The molecule has 13 heteroatoms. The molecule has 3 aromatic rings. The molecule has 1 aromatic carbocycles. The number of rotatable bonds is 3. The van der Waals surface area contributed by atoms with E-state index in [-0.39, 0.29) is 17.2 Å². The van der Waals surface area contributed by atoms with Crippen molar-refractivity contribution < 1.29 is 28.3 Å². The van der Waals surface area contributed by atoms with Crippen LogP contribution in [0.2, 0.25) is 0 Å². The minimum Gasteiger partial charge on any atom is -0.504 e. The van der Waals surface area contributed by atoms with Gasteiger partial charge in [-0.3, -0.25) is 10.1 Å². The van der Waals surface area contributed by atoms with E-state index in [0.29, 0.717) is 6.20 Å². The summed E-state index contributed by atoms with van der Waals surface area (Å²) in [6.07, 6.45) is -3.95. The molecule has 3 rings (SSSR count). The van der Waals surface area contributed by atoms with Crippen LogP contribution in [0.15, 0.2) is 30.5 Å². The monoisotopic (exact) mass is 368 g/mol. The van der Waals surface area contributed by atoms with E-state index in [1.165, 1.54) is 0 Å². The van der Waals surface area contributed by atoms with Gasteiger partial charge in [-0.05, 0) is 23.4 Å². The lowest BCUT2D eigenvalue weighted by atomic mass is 10.1. The van der Waals surface area contributed by atoms with Crippen LogP contribution in [0, 0.1) is 10.1 Å². The zero-order valence-electron chi connectivity index (χ0n) is 12.4. The average Bonchev–Trinajstić information content (AvgIpc) is 3.06. The molecule has 0 saturated carbocycles. The maximum atomic E-state index is 12.5. The number of alkyl halides is 3. The van der Waals surface area contributed by atoms with Crippen molar-refractivity contribution >= 4 is 5.69 Å². The van der Waals surface area contributed by atoms with Crippen LogP contribution in [0.4, 0.5) is 18.9 Å². The molecule has 0 bridgehead atoms. The second-order valence-corrected chi connectivity index (χ2v) is 4.93. The van der Waals surface area contributed by atoms with Gasteiger partial charge in [0, 0.05) is 17.8 Å². The highest BCUT2D eigenvalue weighted by molar-refractivity contribution is 5.67. The average molecular weight is 368 g/mol. The van der Waals surface area contributed by atoms with Crippen molar-refractivity contribution in [3.05, 3.63) is 46.1 Å². The lowest BCUT2D eigenvalue weighted by molar-refractivity contribution is -0.385. The van der Waals surface area contributed by atoms with Crippen LogP contribution in [0.5, 0.6) is 11.5 Å². The molecule has 0 fully saturated rings. The molecule has 134 valence electrons. The fourth-order valence-corrected chi connectivity index (χ4v) is 1.97. The molecule has 0 amide bonds. The third-order valence-corrected chi connectivity index (χ3v) is 3.22. The normalized spacial score (nSPS) is 11.5. The number of benzene rings is 1. The summed E-state index contributed by atoms with van der Waals surface area (Å²) in [5, 5.41) is 41.0. The molecule has 0 atom stereocenters. The number of hydrogen-bond acceptors (Lipinski definition) is 8. The van der Waals surface area contributed by atoms with Gasteiger partial charge in [0.1, 0.15) is 0 Å². The molecule has 2 aromatic heterocycles. The molecule has 2 N–H and O–H groups in total. The SMILES string of the molecule is O=[N+]([O-])c1cc(-c2nnn(-c3ccc(C(F)(F)F)cn3)n2)cc(O)c1O. The molecule has 2 heterocycles. The first kappa shape index (κ1) is 17.1. The number of phenolic OH excluding ortho intramolecular Hbond substituents is 2. The van der Waals surface area contributed by atoms with Gasteiger partial charge < -0.3 is 10.2 Å². The Morgan fingerprint density at radius 2 is 1.92 bits per heavy atom. The van der Waals surface area contributed by atoms with E-state index < -0.39 is 33.8 Å². The van der Waals surface area contributed by atoms with E-state index in [4.69, 9.17) is 0 Å². The number of tetrazole rings is 1. The number of nitro groups is 1. The van der Waals surface area contributed by atoms with Gasteiger partial charge in [-0.2, -0.15) is 13.2 Å². The zero-order chi connectivity index (χ0) is 19.1. The van der Waals surface area contributed by atoms with Crippen molar-refractivity contribution in [2.24, 2.45) is 0 Å². The van der Waals surface area contributed by atoms with Crippen molar-refractivity contribution in [1.82, 2.24) is 25.2 Å². The predicted octanol–water partition coefficient (Wildman–Crippen LogP) is 2.06. The number of aromatic hydroxyl groups is 2. The number of aromatic nitrogens is 5. The van der Waals surface area contributed by atoms with E-state index in [0.717, 1.165) is 29.1 Å². The Morgan fingerprint density at radius 3 is 2.50 bits per heavy atom. The first-order valence-corrected chi connectivity index (χ1v) is 6.71. The van der Waals surface area contributed by atoms with E-state index >= 15 is 0 Å². The summed E-state index contributed by atoms with van der Waals surface area (Å²) < 4.78 is 37.6.